The van der Waals surface area contributed by atoms with E-state index in [9.17, 15) is 0 Å². The predicted octanol–water partition coefficient (Wildman–Crippen LogP) is 3.70. The van der Waals surface area contributed by atoms with E-state index in [0.717, 1.165) is 0 Å². The molecule has 0 amide bonds. The van der Waals surface area contributed by atoms with Crippen LogP contribution >= 0.6 is 0 Å². The molecule has 0 nitrogen and oxygen atoms in total. The first-order valence-electron chi connectivity index (χ1n) is 4.19. The molecule has 0 aliphatic carbocycles. The van der Waals surface area contributed by atoms with Gasteiger partial charge in [0, 0.05) is 21.1 Å². The molecule has 0 atom stereocenters. The fourth-order valence-corrected chi connectivity index (χ4v) is 0.881. The van der Waals surface area contributed by atoms with Gasteiger partial charge in [0.05, 0.1) is 0 Å². The Balaban J connectivity index is 0. The first kappa shape index (κ1) is 13.7. The molecule has 0 aliphatic rings. The smallest absolute Gasteiger partial charge is 0 e. The molecule has 11 heavy (non-hydrogen) atoms. The van der Waals surface area contributed by atoms with Crippen LogP contribution < -0.4 is 0 Å². The van der Waals surface area contributed by atoms with Gasteiger partial charge in [-0.05, 0) is 12.8 Å². The summed E-state index contributed by atoms with van der Waals surface area (Å²) in [4.78, 5) is 0. The van der Waals surface area contributed by atoms with Gasteiger partial charge in [-0.2, -0.15) is 0 Å². The van der Waals surface area contributed by atoms with Crippen molar-refractivity contribution in [2.75, 3.05) is 0 Å². The van der Waals surface area contributed by atoms with Crippen molar-refractivity contribution in [1.29, 1.82) is 0 Å². The average molecular weight is 333 g/mol. The van der Waals surface area contributed by atoms with E-state index in [1.54, 1.807) is 0 Å². The topological polar surface area (TPSA) is 0 Å². The zero-order valence-corrected chi connectivity index (χ0v) is 9.56. The van der Waals surface area contributed by atoms with Crippen LogP contribution in [0.15, 0.2) is 24.8 Å². The van der Waals surface area contributed by atoms with E-state index in [0.29, 0.717) is 0 Å². The normalized spacial score (nSPS) is 9.55. The van der Waals surface area contributed by atoms with Gasteiger partial charge in [-0.25, -0.2) is 0 Å². The largest absolute Gasteiger partial charge is 0.0991 e. The summed E-state index contributed by atoms with van der Waals surface area (Å²) in [7, 11) is 0. The summed E-state index contributed by atoms with van der Waals surface area (Å²) in [5.74, 6) is 0. The van der Waals surface area contributed by atoms with Crippen molar-refractivity contribution in [2.24, 2.45) is 0 Å². The van der Waals surface area contributed by atoms with Crippen LogP contribution in [0.5, 0.6) is 0 Å². The Labute approximate surface area is 85.0 Å². The monoisotopic (exact) mass is 333 g/mol. The van der Waals surface area contributed by atoms with Gasteiger partial charge in [-0.15, -0.1) is 0 Å². The summed E-state index contributed by atoms with van der Waals surface area (Å²) in [6.45, 7) is 5.84. The Morgan fingerprint density at radius 1 is 1.18 bits per heavy atom. The minimum absolute atomic E-state index is 0. The minimum Gasteiger partial charge on any atom is -0.0991 e. The van der Waals surface area contributed by atoms with Crippen LogP contribution in [-0.4, -0.2) is 0 Å². The van der Waals surface area contributed by atoms with E-state index < -0.39 is 0 Å². The third kappa shape index (κ3) is 13.2. The fraction of sp³-hybridized carbons (Fsp3) is 0.600. The molecule has 0 rings (SSSR count). The summed E-state index contributed by atoms with van der Waals surface area (Å²) in [6.07, 6.45) is 12.7. The van der Waals surface area contributed by atoms with Crippen molar-refractivity contribution in [3.8, 4) is 0 Å². The van der Waals surface area contributed by atoms with Crippen LogP contribution in [-0.2, 0) is 21.1 Å². The summed E-state index contributed by atoms with van der Waals surface area (Å²) in [5, 5.41) is 0. The molecule has 0 unspecified atom stereocenters. The molecular formula is C10H18Pt. The second kappa shape index (κ2) is 12.8. The van der Waals surface area contributed by atoms with Crippen molar-refractivity contribution in [3.05, 3.63) is 24.8 Å². The maximum absolute atomic E-state index is 3.61. The molecule has 0 fully saturated rings. The minimum atomic E-state index is 0. The van der Waals surface area contributed by atoms with E-state index >= 15 is 0 Å². The maximum Gasteiger partial charge on any atom is 0 e. The summed E-state index contributed by atoms with van der Waals surface area (Å²) in [5.41, 5.74) is 0. The molecule has 0 bridgehead atoms. The van der Waals surface area contributed by atoms with E-state index in [2.05, 4.69) is 19.6 Å². The van der Waals surface area contributed by atoms with Crippen LogP contribution in [0, 0.1) is 0 Å². The molecule has 0 aromatic heterocycles. The quantitative estimate of drug-likeness (QED) is 0.514. The van der Waals surface area contributed by atoms with Gasteiger partial charge in [-0.1, -0.05) is 51.0 Å². The number of hydrogen-bond donors (Lipinski definition) is 0. The van der Waals surface area contributed by atoms with E-state index in [1.807, 2.05) is 12.2 Å². The molecule has 0 N–H and O–H groups in total. The predicted molar refractivity (Wildman–Crippen MR) is 48.1 cm³/mol. The molecule has 0 saturated heterocycles. The summed E-state index contributed by atoms with van der Waals surface area (Å²) >= 11 is 0. The van der Waals surface area contributed by atoms with Crippen LogP contribution in [0.25, 0.3) is 0 Å². The Morgan fingerprint density at radius 3 is 2.45 bits per heavy atom. The van der Waals surface area contributed by atoms with Gasteiger partial charge >= 0.3 is 0 Å². The molecule has 0 saturated carbocycles. The Hall–Kier alpha value is 0.168. The van der Waals surface area contributed by atoms with Crippen molar-refractivity contribution < 1.29 is 21.1 Å². The van der Waals surface area contributed by atoms with Gasteiger partial charge in [0.1, 0.15) is 0 Å². The zero-order valence-electron chi connectivity index (χ0n) is 7.29. The zero-order chi connectivity index (χ0) is 7.66. The van der Waals surface area contributed by atoms with Gasteiger partial charge < -0.3 is 0 Å². The number of allylic oxidation sites excluding steroid dienone is 3. The van der Waals surface area contributed by atoms with E-state index in [-0.39, 0.29) is 21.1 Å². The molecule has 0 radical (unpaired) electrons. The molecule has 1 heteroatoms. The van der Waals surface area contributed by atoms with Crippen molar-refractivity contribution in [1.82, 2.24) is 0 Å². The molecule has 68 valence electrons. The van der Waals surface area contributed by atoms with Crippen molar-refractivity contribution in [2.45, 2.75) is 39.0 Å². The molecule has 0 spiro atoms. The molecule has 0 aromatic carbocycles. The van der Waals surface area contributed by atoms with E-state index in [1.165, 1.54) is 32.1 Å². The van der Waals surface area contributed by atoms with Crippen LogP contribution in [0.4, 0.5) is 0 Å². The van der Waals surface area contributed by atoms with Gasteiger partial charge in [0.2, 0.25) is 0 Å². The molecule has 0 aliphatic heterocycles. The second-order valence-corrected chi connectivity index (χ2v) is 2.51. The van der Waals surface area contributed by atoms with Gasteiger partial charge in [-0.3, -0.25) is 0 Å². The van der Waals surface area contributed by atoms with Gasteiger partial charge in [0.15, 0.2) is 0 Å². The third-order valence-corrected chi connectivity index (χ3v) is 1.50. The standard InChI is InChI=1S/C10H18.Pt/c1-3-5-7-9-10-8-6-4-2;/h3,5,7H,1,4,6,8-10H2,2H3;. The Morgan fingerprint density at radius 2 is 1.91 bits per heavy atom. The van der Waals surface area contributed by atoms with Crippen LogP contribution in [0.1, 0.15) is 39.0 Å². The average Bonchev–Trinajstić information content (AvgIpc) is 1.97. The summed E-state index contributed by atoms with van der Waals surface area (Å²) in [6, 6.07) is 0. The number of rotatable bonds is 6. The summed E-state index contributed by atoms with van der Waals surface area (Å²) < 4.78 is 0. The SMILES string of the molecule is C=CC=CCCCCCC.[Pt]. The molecular weight excluding hydrogens is 315 g/mol. The molecule has 0 aromatic rings. The van der Waals surface area contributed by atoms with Crippen LogP contribution in [0.2, 0.25) is 0 Å². The number of hydrogen-bond acceptors (Lipinski definition) is 0. The Bertz CT molecular complexity index is 95.0. The fourth-order valence-electron chi connectivity index (χ4n) is 0.881. The first-order chi connectivity index (χ1) is 4.91. The third-order valence-electron chi connectivity index (χ3n) is 1.50. The van der Waals surface area contributed by atoms with Crippen molar-refractivity contribution in [3.63, 3.8) is 0 Å². The Kier molecular flexibility index (Phi) is 16.0. The van der Waals surface area contributed by atoms with Crippen LogP contribution in [0.3, 0.4) is 0 Å². The van der Waals surface area contributed by atoms with Crippen molar-refractivity contribution >= 4 is 0 Å². The number of unbranched alkanes of at least 4 members (excludes halogenated alkanes) is 4. The van der Waals surface area contributed by atoms with E-state index in [4.69, 9.17) is 0 Å². The first-order valence-corrected chi connectivity index (χ1v) is 4.19. The maximum atomic E-state index is 3.61. The second-order valence-electron chi connectivity index (χ2n) is 2.51. The van der Waals surface area contributed by atoms with Gasteiger partial charge in [0.25, 0.3) is 0 Å². The molecule has 0 heterocycles.